The molecule has 0 spiro atoms. The van der Waals surface area contributed by atoms with Gasteiger partial charge < -0.3 is 9.72 Å². The van der Waals surface area contributed by atoms with Crippen molar-refractivity contribution >= 4 is 17.1 Å². The van der Waals surface area contributed by atoms with Crippen molar-refractivity contribution in [3.05, 3.63) is 36.2 Å². The van der Waals surface area contributed by atoms with E-state index in [1.54, 1.807) is 13.3 Å². The molecule has 0 amide bonds. The maximum atomic E-state index is 5.05. The van der Waals surface area contributed by atoms with E-state index in [2.05, 4.69) is 16.5 Å². The third kappa shape index (κ3) is 1.42. The molecule has 3 nitrogen and oxygen atoms in total. The first kappa shape index (κ1) is 8.97. The lowest BCUT2D eigenvalue weighted by atomic mass is 10.2. The number of aromatic nitrogens is 2. The van der Waals surface area contributed by atoms with Gasteiger partial charge >= 0.3 is 0 Å². The topological polar surface area (TPSA) is 37.9 Å². The third-order valence-corrected chi connectivity index (χ3v) is 2.14. The van der Waals surface area contributed by atoms with Crippen molar-refractivity contribution in [1.82, 2.24) is 9.97 Å². The Morgan fingerprint density at radius 2 is 2.50 bits per heavy atom. The zero-order valence-electron chi connectivity index (χ0n) is 8.08. The van der Waals surface area contributed by atoms with Gasteiger partial charge in [0.1, 0.15) is 5.65 Å². The molecule has 2 aromatic rings. The molecule has 0 bridgehead atoms. The van der Waals surface area contributed by atoms with Crippen LogP contribution in [0.4, 0.5) is 0 Å². The van der Waals surface area contributed by atoms with E-state index < -0.39 is 0 Å². The van der Waals surface area contributed by atoms with E-state index in [1.165, 1.54) is 0 Å². The maximum Gasteiger partial charge on any atom is 0.138 e. The zero-order chi connectivity index (χ0) is 9.97. The number of hydrogen-bond acceptors (Lipinski definition) is 2. The molecule has 3 heteroatoms. The molecule has 72 valence electrons. The van der Waals surface area contributed by atoms with Gasteiger partial charge in [0.2, 0.25) is 0 Å². The smallest absolute Gasteiger partial charge is 0.138 e. The van der Waals surface area contributed by atoms with E-state index in [4.69, 9.17) is 4.74 Å². The number of ether oxygens (including phenoxy) is 1. The Bertz CT molecular complexity index is 459. The molecule has 0 saturated carbocycles. The summed E-state index contributed by atoms with van der Waals surface area (Å²) in [7, 11) is 1.67. The summed E-state index contributed by atoms with van der Waals surface area (Å²) in [4.78, 5) is 7.42. The van der Waals surface area contributed by atoms with E-state index in [0.29, 0.717) is 6.61 Å². The lowest BCUT2D eigenvalue weighted by Gasteiger charge is -1.92. The lowest BCUT2D eigenvalue weighted by molar-refractivity contribution is 0.182. The van der Waals surface area contributed by atoms with Gasteiger partial charge in [0.25, 0.3) is 0 Å². The largest absolute Gasteiger partial charge is 0.378 e. The minimum Gasteiger partial charge on any atom is -0.378 e. The van der Waals surface area contributed by atoms with Crippen molar-refractivity contribution in [3.8, 4) is 0 Å². The summed E-state index contributed by atoms with van der Waals surface area (Å²) >= 11 is 0. The second kappa shape index (κ2) is 3.64. The number of methoxy groups -OCH3 is 1. The summed E-state index contributed by atoms with van der Waals surface area (Å²) in [5.41, 5.74) is 3.01. The normalized spacial score (nSPS) is 10.6. The monoisotopic (exact) mass is 188 g/mol. The van der Waals surface area contributed by atoms with Crippen molar-refractivity contribution in [2.24, 2.45) is 0 Å². The van der Waals surface area contributed by atoms with E-state index in [-0.39, 0.29) is 0 Å². The van der Waals surface area contributed by atoms with Crippen LogP contribution in [-0.4, -0.2) is 17.1 Å². The minimum absolute atomic E-state index is 0.576. The first-order valence-electron chi connectivity index (χ1n) is 4.43. The van der Waals surface area contributed by atoms with Crippen LogP contribution >= 0.6 is 0 Å². The number of H-pyrrole nitrogens is 1. The van der Waals surface area contributed by atoms with Gasteiger partial charge in [-0.25, -0.2) is 4.98 Å². The number of pyridine rings is 1. The Kier molecular flexibility index (Phi) is 2.33. The highest BCUT2D eigenvalue weighted by molar-refractivity contribution is 5.86. The molecule has 0 saturated heterocycles. The first-order chi connectivity index (χ1) is 6.85. The summed E-state index contributed by atoms with van der Waals surface area (Å²) in [6.45, 7) is 4.34. The van der Waals surface area contributed by atoms with Gasteiger partial charge in [-0.15, -0.1) is 0 Å². The number of rotatable bonds is 3. The van der Waals surface area contributed by atoms with Gasteiger partial charge in [0.05, 0.1) is 6.61 Å². The maximum absolute atomic E-state index is 5.05. The van der Waals surface area contributed by atoms with Gasteiger partial charge in [-0.3, -0.25) is 0 Å². The van der Waals surface area contributed by atoms with Crippen LogP contribution < -0.4 is 0 Å². The zero-order valence-corrected chi connectivity index (χ0v) is 8.08. The molecule has 0 unspecified atom stereocenters. The molecule has 0 aliphatic carbocycles. The summed E-state index contributed by atoms with van der Waals surface area (Å²) in [6.07, 6.45) is 3.60. The van der Waals surface area contributed by atoms with Crippen LogP contribution in [0.3, 0.4) is 0 Å². The molecule has 0 radical (unpaired) electrons. The van der Waals surface area contributed by atoms with Crippen LogP contribution in [0.5, 0.6) is 0 Å². The van der Waals surface area contributed by atoms with E-state index >= 15 is 0 Å². The predicted molar refractivity (Wildman–Crippen MR) is 56.9 cm³/mol. The molecule has 2 rings (SSSR count). The lowest BCUT2D eigenvalue weighted by Crippen LogP contribution is -1.85. The Morgan fingerprint density at radius 1 is 1.64 bits per heavy atom. The van der Waals surface area contributed by atoms with Crippen molar-refractivity contribution in [3.63, 3.8) is 0 Å². The predicted octanol–water partition coefficient (Wildman–Crippen LogP) is 2.35. The molecule has 14 heavy (non-hydrogen) atoms. The molecule has 1 N–H and O–H groups in total. The molecule has 0 atom stereocenters. The van der Waals surface area contributed by atoms with Gasteiger partial charge in [0, 0.05) is 24.4 Å². The van der Waals surface area contributed by atoms with E-state index in [1.807, 2.05) is 18.2 Å². The Morgan fingerprint density at radius 3 is 3.21 bits per heavy atom. The molecule has 2 heterocycles. The van der Waals surface area contributed by atoms with E-state index in [9.17, 15) is 0 Å². The average molecular weight is 188 g/mol. The van der Waals surface area contributed by atoms with E-state index in [0.717, 1.165) is 22.3 Å². The van der Waals surface area contributed by atoms with Crippen molar-refractivity contribution in [1.29, 1.82) is 0 Å². The number of nitrogens with one attached hydrogen (secondary N) is 1. The molecular formula is C11H12N2O. The fourth-order valence-electron chi connectivity index (χ4n) is 1.51. The highest BCUT2D eigenvalue weighted by Gasteiger charge is 2.03. The second-order valence-corrected chi connectivity index (χ2v) is 3.09. The Hall–Kier alpha value is -1.61. The SMILES string of the molecule is C=Cc1ccnc2[nH]c(COC)cc12. The number of hydrogen-bond donors (Lipinski definition) is 1. The van der Waals surface area contributed by atoms with Crippen molar-refractivity contribution in [2.45, 2.75) is 6.61 Å². The standard InChI is InChI=1S/C11H12N2O/c1-3-8-4-5-12-11-10(8)6-9(13-11)7-14-2/h3-6H,1,7H2,2H3,(H,12,13). The summed E-state index contributed by atoms with van der Waals surface area (Å²) in [5, 5.41) is 1.09. The van der Waals surface area contributed by atoms with Gasteiger partial charge in [-0.1, -0.05) is 12.7 Å². The van der Waals surface area contributed by atoms with Gasteiger partial charge in [0.15, 0.2) is 0 Å². The van der Waals surface area contributed by atoms with Crippen LogP contribution in [-0.2, 0) is 11.3 Å². The molecular weight excluding hydrogens is 176 g/mol. The summed E-state index contributed by atoms with van der Waals surface area (Å²) in [6, 6.07) is 3.99. The van der Waals surface area contributed by atoms with Crippen LogP contribution in [0.1, 0.15) is 11.3 Å². The molecule has 0 aliphatic rings. The van der Waals surface area contributed by atoms with Crippen LogP contribution in [0, 0.1) is 0 Å². The fraction of sp³-hybridized carbons (Fsp3) is 0.182. The van der Waals surface area contributed by atoms with Gasteiger partial charge in [-0.05, 0) is 17.7 Å². The molecule has 0 fully saturated rings. The number of fused-ring (bicyclic) bond motifs is 1. The fourth-order valence-corrected chi connectivity index (χ4v) is 1.51. The Labute approximate surface area is 82.4 Å². The van der Waals surface area contributed by atoms with Crippen LogP contribution in [0.25, 0.3) is 17.1 Å². The highest BCUT2D eigenvalue weighted by Crippen LogP contribution is 2.18. The quantitative estimate of drug-likeness (QED) is 0.802. The number of nitrogens with zero attached hydrogens (tertiary/aromatic N) is 1. The minimum atomic E-state index is 0.576. The summed E-state index contributed by atoms with van der Waals surface area (Å²) in [5.74, 6) is 0. The van der Waals surface area contributed by atoms with Crippen molar-refractivity contribution in [2.75, 3.05) is 7.11 Å². The second-order valence-electron chi connectivity index (χ2n) is 3.09. The van der Waals surface area contributed by atoms with Gasteiger partial charge in [-0.2, -0.15) is 0 Å². The van der Waals surface area contributed by atoms with Crippen molar-refractivity contribution < 1.29 is 4.74 Å². The third-order valence-electron chi connectivity index (χ3n) is 2.14. The summed E-state index contributed by atoms with van der Waals surface area (Å²) < 4.78 is 5.05. The molecule has 2 aromatic heterocycles. The Balaban J connectivity index is 2.58. The number of aromatic amines is 1. The average Bonchev–Trinajstić information content (AvgIpc) is 2.60. The van der Waals surface area contributed by atoms with Crippen LogP contribution in [0.15, 0.2) is 24.9 Å². The first-order valence-corrected chi connectivity index (χ1v) is 4.43. The molecule has 0 aromatic carbocycles. The molecule has 0 aliphatic heterocycles. The van der Waals surface area contributed by atoms with Crippen LogP contribution in [0.2, 0.25) is 0 Å². The highest BCUT2D eigenvalue weighted by atomic mass is 16.5.